The molecule has 1 aromatic heterocycles. The van der Waals surface area contributed by atoms with Gasteiger partial charge in [0.2, 0.25) is 0 Å². The highest BCUT2D eigenvalue weighted by atomic mass is 32.1. The maximum absolute atomic E-state index is 11.9. The van der Waals surface area contributed by atoms with Crippen molar-refractivity contribution in [3.63, 3.8) is 0 Å². The molecule has 0 spiro atoms. The number of hydrogen-bond donors (Lipinski definition) is 1. The number of carbonyl (C=O) groups excluding carboxylic acids is 2. The second-order valence-corrected chi connectivity index (χ2v) is 5.91. The SMILES string of the molecule is O=Cc1ccccc1OCC(=O)NCc1nc2ccccc2s1. The van der Waals surface area contributed by atoms with Crippen molar-refractivity contribution < 1.29 is 14.3 Å². The van der Waals surface area contributed by atoms with E-state index in [0.29, 0.717) is 24.1 Å². The number of benzene rings is 2. The van der Waals surface area contributed by atoms with E-state index in [1.54, 1.807) is 35.6 Å². The van der Waals surface area contributed by atoms with Crippen molar-refractivity contribution in [2.24, 2.45) is 0 Å². The predicted molar refractivity (Wildman–Crippen MR) is 88.8 cm³/mol. The molecule has 0 aliphatic rings. The molecule has 116 valence electrons. The smallest absolute Gasteiger partial charge is 0.258 e. The first-order chi connectivity index (χ1) is 11.3. The molecule has 1 amide bonds. The Morgan fingerprint density at radius 2 is 1.96 bits per heavy atom. The zero-order chi connectivity index (χ0) is 16.1. The molecular formula is C17H14N2O3S. The summed E-state index contributed by atoms with van der Waals surface area (Å²) in [5.74, 6) is 0.141. The van der Waals surface area contributed by atoms with E-state index in [-0.39, 0.29) is 12.5 Å². The topological polar surface area (TPSA) is 68.3 Å². The van der Waals surface area contributed by atoms with Crippen LogP contribution in [0.5, 0.6) is 5.75 Å². The van der Waals surface area contributed by atoms with Gasteiger partial charge in [-0.2, -0.15) is 0 Å². The number of thiazole rings is 1. The highest BCUT2D eigenvalue weighted by Crippen LogP contribution is 2.21. The summed E-state index contributed by atoms with van der Waals surface area (Å²) in [6.07, 6.45) is 0.703. The number of carbonyl (C=O) groups is 2. The maximum atomic E-state index is 11.9. The normalized spacial score (nSPS) is 10.4. The second kappa shape index (κ2) is 7.02. The van der Waals surface area contributed by atoms with Gasteiger partial charge in [0.15, 0.2) is 12.9 Å². The Bertz CT molecular complexity index is 811. The van der Waals surface area contributed by atoms with Crippen LogP contribution in [0.3, 0.4) is 0 Å². The number of rotatable bonds is 6. The highest BCUT2D eigenvalue weighted by molar-refractivity contribution is 7.18. The van der Waals surface area contributed by atoms with Gasteiger partial charge < -0.3 is 10.1 Å². The number of hydrogen-bond acceptors (Lipinski definition) is 5. The van der Waals surface area contributed by atoms with Crippen LogP contribution >= 0.6 is 11.3 Å². The number of nitrogens with one attached hydrogen (secondary N) is 1. The van der Waals surface area contributed by atoms with E-state index in [9.17, 15) is 9.59 Å². The first kappa shape index (κ1) is 15.2. The Morgan fingerprint density at radius 3 is 2.78 bits per heavy atom. The molecule has 2 aromatic carbocycles. The molecule has 6 heteroatoms. The van der Waals surface area contributed by atoms with Crippen molar-refractivity contribution in [2.45, 2.75) is 6.54 Å². The molecule has 1 heterocycles. The highest BCUT2D eigenvalue weighted by Gasteiger charge is 2.08. The van der Waals surface area contributed by atoms with E-state index >= 15 is 0 Å². The Labute approximate surface area is 136 Å². The zero-order valence-corrected chi connectivity index (χ0v) is 13.0. The number of fused-ring (bicyclic) bond motifs is 1. The lowest BCUT2D eigenvalue weighted by Crippen LogP contribution is -2.28. The van der Waals surface area contributed by atoms with Gasteiger partial charge in [0.1, 0.15) is 10.8 Å². The van der Waals surface area contributed by atoms with E-state index in [1.807, 2.05) is 24.3 Å². The second-order valence-electron chi connectivity index (χ2n) is 4.80. The molecule has 5 nitrogen and oxygen atoms in total. The molecule has 0 bridgehead atoms. The van der Waals surface area contributed by atoms with Crippen molar-refractivity contribution in [1.82, 2.24) is 10.3 Å². The summed E-state index contributed by atoms with van der Waals surface area (Å²) in [5.41, 5.74) is 1.35. The fourth-order valence-corrected chi connectivity index (χ4v) is 2.98. The summed E-state index contributed by atoms with van der Waals surface area (Å²) in [5, 5.41) is 3.60. The Kier molecular flexibility index (Phi) is 4.63. The summed E-state index contributed by atoms with van der Waals surface area (Å²) >= 11 is 1.55. The number of nitrogens with zero attached hydrogens (tertiary/aromatic N) is 1. The fraction of sp³-hybridized carbons (Fsp3) is 0.118. The first-order valence-corrected chi connectivity index (χ1v) is 7.86. The minimum Gasteiger partial charge on any atom is -0.483 e. The van der Waals surface area contributed by atoms with Gasteiger partial charge in [0, 0.05) is 0 Å². The largest absolute Gasteiger partial charge is 0.483 e. The Hall–Kier alpha value is -2.73. The average molecular weight is 326 g/mol. The first-order valence-electron chi connectivity index (χ1n) is 7.04. The lowest BCUT2D eigenvalue weighted by atomic mass is 10.2. The van der Waals surface area contributed by atoms with Crippen LogP contribution in [0.25, 0.3) is 10.2 Å². The molecule has 0 fully saturated rings. The van der Waals surface area contributed by atoms with Gasteiger partial charge >= 0.3 is 0 Å². The molecule has 0 aliphatic carbocycles. The molecule has 0 radical (unpaired) electrons. The molecule has 0 aliphatic heterocycles. The third-order valence-electron chi connectivity index (χ3n) is 3.18. The molecule has 0 atom stereocenters. The van der Waals surface area contributed by atoms with E-state index < -0.39 is 0 Å². The van der Waals surface area contributed by atoms with Gasteiger partial charge in [-0.25, -0.2) is 4.98 Å². The standard InChI is InChI=1S/C17H14N2O3S/c20-10-12-5-1-3-7-14(12)22-11-16(21)18-9-17-19-13-6-2-4-8-15(13)23-17/h1-8,10H,9,11H2,(H,18,21). The van der Waals surface area contributed by atoms with Gasteiger partial charge in [-0.15, -0.1) is 11.3 Å². The van der Waals surface area contributed by atoms with Gasteiger partial charge in [-0.05, 0) is 24.3 Å². The number of aldehydes is 1. The average Bonchev–Trinajstić information content (AvgIpc) is 3.01. The van der Waals surface area contributed by atoms with Crippen LogP contribution in [0.4, 0.5) is 0 Å². The summed E-state index contributed by atoms with van der Waals surface area (Å²) < 4.78 is 6.47. The van der Waals surface area contributed by atoms with E-state index in [4.69, 9.17) is 4.74 Å². The number of para-hydroxylation sites is 2. The lowest BCUT2D eigenvalue weighted by Gasteiger charge is -2.08. The van der Waals surface area contributed by atoms with Crippen LogP contribution in [-0.2, 0) is 11.3 Å². The maximum Gasteiger partial charge on any atom is 0.258 e. The Balaban J connectivity index is 1.54. The van der Waals surface area contributed by atoms with Gasteiger partial charge in [0.25, 0.3) is 5.91 Å². The monoisotopic (exact) mass is 326 g/mol. The summed E-state index contributed by atoms with van der Waals surface area (Å²) in [7, 11) is 0. The van der Waals surface area contributed by atoms with Crippen molar-refractivity contribution in [3.05, 3.63) is 59.1 Å². The fourth-order valence-electron chi connectivity index (χ4n) is 2.07. The van der Waals surface area contributed by atoms with Crippen LogP contribution < -0.4 is 10.1 Å². The van der Waals surface area contributed by atoms with Gasteiger partial charge in [0.05, 0.1) is 22.3 Å². The van der Waals surface area contributed by atoms with Crippen LogP contribution in [0.1, 0.15) is 15.4 Å². The third-order valence-corrected chi connectivity index (χ3v) is 4.22. The van der Waals surface area contributed by atoms with Gasteiger partial charge in [-0.3, -0.25) is 9.59 Å². The van der Waals surface area contributed by atoms with Crippen LogP contribution in [0.2, 0.25) is 0 Å². The summed E-state index contributed by atoms with van der Waals surface area (Å²) in [6.45, 7) is 0.215. The van der Waals surface area contributed by atoms with Crippen molar-refractivity contribution in [2.75, 3.05) is 6.61 Å². The lowest BCUT2D eigenvalue weighted by molar-refractivity contribution is -0.123. The molecule has 0 saturated heterocycles. The Morgan fingerprint density at radius 1 is 1.17 bits per heavy atom. The minimum absolute atomic E-state index is 0.143. The van der Waals surface area contributed by atoms with Crippen LogP contribution in [0, 0.1) is 0 Å². The van der Waals surface area contributed by atoms with Crippen LogP contribution in [0.15, 0.2) is 48.5 Å². The molecule has 1 N–H and O–H groups in total. The summed E-state index contributed by atoms with van der Waals surface area (Å²) in [6, 6.07) is 14.6. The van der Waals surface area contributed by atoms with Crippen molar-refractivity contribution in [1.29, 1.82) is 0 Å². The zero-order valence-electron chi connectivity index (χ0n) is 12.2. The summed E-state index contributed by atoms with van der Waals surface area (Å²) in [4.78, 5) is 27.2. The van der Waals surface area contributed by atoms with E-state index in [1.165, 1.54) is 0 Å². The van der Waals surface area contributed by atoms with Gasteiger partial charge in [-0.1, -0.05) is 24.3 Å². The van der Waals surface area contributed by atoms with E-state index in [0.717, 1.165) is 15.2 Å². The quantitative estimate of drug-likeness (QED) is 0.707. The number of ether oxygens (including phenoxy) is 1. The molecule has 3 rings (SSSR count). The minimum atomic E-state index is -0.259. The number of amides is 1. The predicted octanol–water partition coefficient (Wildman–Crippen LogP) is 2.80. The number of aromatic nitrogens is 1. The molecule has 0 unspecified atom stereocenters. The van der Waals surface area contributed by atoms with Crippen molar-refractivity contribution >= 4 is 33.7 Å². The third kappa shape index (κ3) is 3.73. The molecule has 0 saturated carbocycles. The van der Waals surface area contributed by atoms with Crippen LogP contribution in [-0.4, -0.2) is 23.8 Å². The molecule has 23 heavy (non-hydrogen) atoms. The van der Waals surface area contributed by atoms with Crippen molar-refractivity contribution in [3.8, 4) is 5.75 Å². The van der Waals surface area contributed by atoms with E-state index in [2.05, 4.69) is 10.3 Å². The molecular weight excluding hydrogens is 312 g/mol. The molecule has 3 aromatic rings.